The number of nitrogens with zero attached hydrogens (tertiary/aromatic N) is 3. The second-order valence-electron chi connectivity index (χ2n) is 7.51. The van der Waals surface area contributed by atoms with Crippen LogP contribution in [0.15, 0.2) is 91.1 Å². The molecule has 0 fully saturated rings. The minimum absolute atomic E-state index is 0.817. The molecule has 3 aromatic carbocycles. The van der Waals surface area contributed by atoms with Crippen molar-refractivity contribution in [2.75, 3.05) is 11.9 Å². The van der Waals surface area contributed by atoms with Crippen LogP contribution in [0.2, 0.25) is 0 Å². The largest absolute Gasteiger partial charge is 0.367 e. The van der Waals surface area contributed by atoms with Crippen molar-refractivity contribution in [1.82, 2.24) is 14.4 Å². The SMILES string of the molecule is c1ccc(CCNc2nc3ccccc3n3c(CCc4ccccc4)cnc23)cc1. The molecule has 0 amide bonds. The Hall–Kier alpha value is -3.66. The molecule has 0 saturated carbocycles. The number of fused-ring (bicyclic) bond motifs is 3. The molecular weight excluding hydrogens is 368 g/mol. The molecule has 1 N–H and O–H groups in total. The third kappa shape index (κ3) is 3.77. The lowest BCUT2D eigenvalue weighted by atomic mass is 10.1. The molecule has 2 heterocycles. The van der Waals surface area contributed by atoms with Gasteiger partial charge in [-0.25, -0.2) is 9.97 Å². The van der Waals surface area contributed by atoms with E-state index in [2.05, 4.69) is 82.5 Å². The molecule has 0 aliphatic heterocycles. The first-order valence-electron chi connectivity index (χ1n) is 10.5. The molecule has 0 unspecified atom stereocenters. The summed E-state index contributed by atoms with van der Waals surface area (Å²) >= 11 is 0. The normalized spacial score (nSPS) is 11.2. The Balaban J connectivity index is 1.46. The van der Waals surface area contributed by atoms with Crippen LogP contribution in [0.4, 0.5) is 5.82 Å². The van der Waals surface area contributed by atoms with E-state index < -0.39 is 0 Å². The Morgan fingerprint density at radius 1 is 0.700 bits per heavy atom. The van der Waals surface area contributed by atoms with E-state index in [0.717, 1.165) is 48.3 Å². The third-order valence-corrected chi connectivity index (χ3v) is 5.46. The van der Waals surface area contributed by atoms with Crippen LogP contribution in [-0.4, -0.2) is 20.9 Å². The van der Waals surface area contributed by atoms with Gasteiger partial charge in [0.2, 0.25) is 0 Å². The van der Waals surface area contributed by atoms with Gasteiger partial charge in [-0.3, -0.25) is 4.40 Å². The highest BCUT2D eigenvalue weighted by Gasteiger charge is 2.13. The molecule has 0 spiro atoms. The second kappa shape index (κ2) is 8.37. The van der Waals surface area contributed by atoms with Gasteiger partial charge in [0.05, 0.1) is 11.0 Å². The van der Waals surface area contributed by atoms with Crippen LogP contribution in [0.5, 0.6) is 0 Å². The third-order valence-electron chi connectivity index (χ3n) is 5.46. The highest BCUT2D eigenvalue weighted by molar-refractivity contribution is 5.83. The monoisotopic (exact) mass is 392 g/mol. The number of anilines is 1. The summed E-state index contributed by atoms with van der Waals surface area (Å²) in [5.41, 5.74) is 6.83. The predicted octanol–water partition coefficient (Wildman–Crippen LogP) is 5.32. The first-order chi connectivity index (χ1) is 14.9. The van der Waals surface area contributed by atoms with Crippen molar-refractivity contribution in [2.24, 2.45) is 0 Å². The average Bonchev–Trinajstić information content (AvgIpc) is 3.24. The summed E-state index contributed by atoms with van der Waals surface area (Å²) < 4.78 is 2.26. The molecule has 5 aromatic rings. The first kappa shape index (κ1) is 18.4. The summed E-state index contributed by atoms with van der Waals surface area (Å²) in [5.74, 6) is 0.843. The summed E-state index contributed by atoms with van der Waals surface area (Å²) in [6.45, 7) is 0.817. The standard InChI is InChI=1S/C26H24N4/c1-3-9-20(10-4-1)15-16-22-19-28-26-25(27-18-17-21-11-5-2-6-12-21)29-23-13-7-8-14-24(23)30(22)26/h1-14,19H,15-18H2,(H,27,29). The number of imidazole rings is 1. The van der Waals surface area contributed by atoms with E-state index in [-0.39, 0.29) is 0 Å². The molecule has 0 radical (unpaired) electrons. The van der Waals surface area contributed by atoms with Gasteiger partial charge in [0.1, 0.15) is 0 Å². The molecule has 4 nitrogen and oxygen atoms in total. The van der Waals surface area contributed by atoms with Gasteiger partial charge in [-0.2, -0.15) is 0 Å². The lowest BCUT2D eigenvalue weighted by Gasteiger charge is -2.11. The smallest absolute Gasteiger partial charge is 0.180 e. The van der Waals surface area contributed by atoms with Gasteiger partial charge in [0.25, 0.3) is 0 Å². The maximum absolute atomic E-state index is 4.87. The van der Waals surface area contributed by atoms with Crippen LogP contribution in [0.3, 0.4) is 0 Å². The van der Waals surface area contributed by atoms with Gasteiger partial charge < -0.3 is 5.32 Å². The molecule has 5 rings (SSSR count). The van der Waals surface area contributed by atoms with Crippen molar-refractivity contribution >= 4 is 22.5 Å². The van der Waals surface area contributed by atoms with E-state index in [1.165, 1.54) is 16.8 Å². The van der Waals surface area contributed by atoms with Crippen molar-refractivity contribution in [3.05, 3.63) is 108 Å². The number of benzene rings is 3. The molecular formula is C26H24N4. The minimum Gasteiger partial charge on any atom is -0.367 e. The molecule has 0 atom stereocenters. The quantitative estimate of drug-likeness (QED) is 0.407. The summed E-state index contributed by atoms with van der Waals surface area (Å²) in [6, 6.07) is 29.4. The summed E-state index contributed by atoms with van der Waals surface area (Å²) in [7, 11) is 0. The Labute approximate surface area is 176 Å². The van der Waals surface area contributed by atoms with Gasteiger partial charge in [-0.15, -0.1) is 0 Å². The van der Waals surface area contributed by atoms with Crippen LogP contribution >= 0.6 is 0 Å². The molecule has 0 aliphatic carbocycles. The average molecular weight is 393 g/mol. The lowest BCUT2D eigenvalue weighted by Crippen LogP contribution is -2.09. The highest BCUT2D eigenvalue weighted by Crippen LogP contribution is 2.23. The van der Waals surface area contributed by atoms with Gasteiger partial charge in [0, 0.05) is 18.4 Å². The maximum Gasteiger partial charge on any atom is 0.180 e. The number of hydrogen-bond donors (Lipinski definition) is 1. The Bertz CT molecular complexity index is 1260. The van der Waals surface area contributed by atoms with Crippen molar-refractivity contribution in [1.29, 1.82) is 0 Å². The zero-order chi connectivity index (χ0) is 20.2. The van der Waals surface area contributed by atoms with Crippen molar-refractivity contribution in [3.8, 4) is 0 Å². The molecule has 148 valence electrons. The Kier molecular flexibility index (Phi) is 5.13. The number of para-hydroxylation sites is 2. The fourth-order valence-corrected chi connectivity index (χ4v) is 3.92. The van der Waals surface area contributed by atoms with Gasteiger partial charge in [-0.1, -0.05) is 72.8 Å². The van der Waals surface area contributed by atoms with Crippen LogP contribution in [0.25, 0.3) is 16.7 Å². The number of nitrogens with one attached hydrogen (secondary N) is 1. The second-order valence-corrected chi connectivity index (χ2v) is 7.51. The van der Waals surface area contributed by atoms with Crippen molar-refractivity contribution in [2.45, 2.75) is 19.3 Å². The fourth-order valence-electron chi connectivity index (χ4n) is 3.92. The number of rotatable bonds is 7. The summed E-state index contributed by atoms with van der Waals surface area (Å²) in [5, 5.41) is 3.52. The zero-order valence-electron chi connectivity index (χ0n) is 16.8. The van der Waals surface area contributed by atoms with E-state index >= 15 is 0 Å². The van der Waals surface area contributed by atoms with Crippen molar-refractivity contribution < 1.29 is 0 Å². The molecule has 0 aliphatic rings. The summed E-state index contributed by atoms with van der Waals surface area (Å²) in [4.78, 5) is 9.62. The fraction of sp³-hybridized carbons (Fsp3) is 0.154. The van der Waals surface area contributed by atoms with Gasteiger partial charge in [-0.05, 0) is 42.5 Å². The number of hydrogen-bond acceptors (Lipinski definition) is 3. The van der Waals surface area contributed by atoms with E-state index in [1.807, 2.05) is 18.3 Å². The minimum atomic E-state index is 0.817. The van der Waals surface area contributed by atoms with Crippen molar-refractivity contribution in [3.63, 3.8) is 0 Å². The molecule has 0 saturated heterocycles. The van der Waals surface area contributed by atoms with Crippen LogP contribution in [-0.2, 0) is 19.3 Å². The topological polar surface area (TPSA) is 42.2 Å². The molecule has 4 heteroatoms. The predicted molar refractivity (Wildman–Crippen MR) is 123 cm³/mol. The van der Waals surface area contributed by atoms with Gasteiger partial charge in [0.15, 0.2) is 11.5 Å². The maximum atomic E-state index is 4.87. The Morgan fingerprint density at radius 2 is 1.37 bits per heavy atom. The molecule has 2 aromatic heterocycles. The van der Waals surface area contributed by atoms with E-state index in [9.17, 15) is 0 Å². The van der Waals surface area contributed by atoms with Crippen LogP contribution < -0.4 is 5.32 Å². The van der Waals surface area contributed by atoms with Gasteiger partial charge >= 0.3 is 0 Å². The van der Waals surface area contributed by atoms with E-state index in [1.54, 1.807) is 0 Å². The van der Waals surface area contributed by atoms with E-state index in [0.29, 0.717) is 0 Å². The van der Waals surface area contributed by atoms with Crippen LogP contribution in [0.1, 0.15) is 16.8 Å². The molecule has 0 bridgehead atoms. The lowest BCUT2D eigenvalue weighted by molar-refractivity contribution is 0.905. The molecule has 30 heavy (non-hydrogen) atoms. The van der Waals surface area contributed by atoms with Crippen LogP contribution in [0, 0.1) is 0 Å². The first-order valence-corrected chi connectivity index (χ1v) is 10.5. The van der Waals surface area contributed by atoms with E-state index in [4.69, 9.17) is 9.97 Å². The number of aryl methyl sites for hydroxylation is 2. The summed E-state index contributed by atoms with van der Waals surface area (Å²) in [6.07, 6.45) is 4.86. The zero-order valence-corrected chi connectivity index (χ0v) is 16.8. The Morgan fingerprint density at radius 3 is 2.13 bits per heavy atom. The number of aromatic nitrogens is 3. The highest BCUT2D eigenvalue weighted by atomic mass is 15.1.